The number of alkyl halides is 3. The van der Waals surface area contributed by atoms with E-state index < -0.39 is 18.8 Å². The molecule has 1 aromatic carbocycles. The monoisotopic (exact) mass is 527 g/mol. The van der Waals surface area contributed by atoms with Crippen LogP contribution in [0.15, 0.2) is 55.0 Å². The average Bonchev–Trinajstić information content (AvgIpc) is 3.31. The summed E-state index contributed by atoms with van der Waals surface area (Å²) in [5, 5.41) is 15.4. The summed E-state index contributed by atoms with van der Waals surface area (Å²) in [6, 6.07) is 9.70. The molecule has 0 unspecified atom stereocenters. The number of hydrogen-bond acceptors (Lipinski definition) is 5. The number of fused-ring (bicyclic) bond motifs is 1. The number of urea groups is 1. The first kappa shape index (κ1) is 26.7. The highest BCUT2D eigenvalue weighted by atomic mass is 19.4. The van der Waals surface area contributed by atoms with Gasteiger partial charge in [-0.05, 0) is 42.7 Å². The van der Waals surface area contributed by atoms with Crippen LogP contribution in [0.3, 0.4) is 0 Å². The number of imidazole rings is 1. The van der Waals surface area contributed by atoms with E-state index in [1.807, 2.05) is 33.8 Å². The van der Waals surface area contributed by atoms with Crippen LogP contribution in [0.1, 0.15) is 25.3 Å². The Morgan fingerprint density at radius 3 is 2.63 bits per heavy atom. The van der Waals surface area contributed by atoms with Crippen LogP contribution in [0, 0.1) is 5.41 Å². The lowest BCUT2D eigenvalue weighted by atomic mass is 10.0. The number of pyridine rings is 1. The molecule has 1 fully saturated rings. The first-order valence-corrected chi connectivity index (χ1v) is 12.0. The molecule has 3 amide bonds. The molecule has 38 heavy (non-hydrogen) atoms. The van der Waals surface area contributed by atoms with Crippen LogP contribution in [-0.2, 0) is 4.79 Å². The minimum Gasteiger partial charge on any atom is -0.387 e. The molecule has 4 rings (SSSR count). The molecule has 3 heterocycles. The molecule has 0 bridgehead atoms. The molecule has 0 spiro atoms. The largest absolute Gasteiger partial charge is 0.405 e. The molecule has 9 nitrogen and oxygen atoms in total. The number of rotatable bonds is 7. The number of piperidine rings is 1. The molecule has 1 aliphatic rings. The van der Waals surface area contributed by atoms with Crippen molar-refractivity contribution in [1.82, 2.24) is 24.9 Å². The minimum atomic E-state index is -4.49. The second kappa shape index (κ2) is 11.4. The standard InChI is InChI=1S/C26H28F3N7O2/c1-17(37)35-8-6-21(7-9-35)31-14-20(13-30)18-5-10-36-23(15-32-24(36)12-18)19-3-2-4-22(11-19)34-25(38)33-16-26(27,28)29/h2-5,10-15,21,30-31H,6-9,16H2,1H3,(H2,33,34,38)/b20-14+,30-13?. The Hall–Kier alpha value is -4.35. The number of carbonyl (C=O) groups excluding carboxylic acids is 2. The van der Waals surface area contributed by atoms with Gasteiger partial charge in [0.25, 0.3) is 0 Å². The van der Waals surface area contributed by atoms with Crippen molar-refractivity contribution in [2.45, 2.75) is 32.0 Å². The Balaban J connectivity index is 1.46. The summed E-state index contributed by atoms with van der Waals surface area (Å²) < 4.78 is 38.9. The number of benzene rings is 1. The molecule has 3 aromatic rings. The van der Waals surface area contributed by atoms with Gasteiger partial charge in [-0.2, -0.15) is 13.2 Å². The summed E-state index contributed by atoms with van der Waals surface area (Å²) >= 11 is 0. The lowest BCUT2D eigenvalue weighted by Crippen LogP contribution is -2.42. The molecule has 4 N–H and O–H groups in total. The van der Waals surface area contributed by atoms with Crippen molar-refractivity contribution in [2.24, 2.45) is 0 Å². The van der Waals surface area contributed by atoms with E-state index in [1.165, 1.54) is 6.21 Å². The number of likely N-dealkylation sites (tertiary alicyclic amines) is 1. The third-order valence-corrected chi connectivity index (χ3v) is 6.28. The number of allylic oxidation sites excluding steroid dienone is 1. The molecule has 0 atom stereocenters. The van der Waals surface area contributed by atoms with E-state index in [-0.39, 0.29) is 11.9 Å². The quantitative estimate of drug-likeness (QED) is 0.344. The number of nitrogens with one attached hydrogen (secondary N) is 4. The predicted octanol–water partition coefficient (Wildman–Crippen LogP) is 4.28. The predicted molar refractivity (Wildman–Crippen MR) is 139 cm³/mol. The van der Waals surface area contributed by atoms with E-state index in [2.05, 4.69) is 15.6 Å². The molecule has 1 saturated heterocycles. The smallest absolute Gasteiger partial charge is 0.387 e. The Morgan fingerprint density at radius 1 is 1.18 bits per heavy atom. The van der Waals surface area contributed by atoms with Gasteiger partial charge in [0.05, 0.1) is 11.9 Å². The van der Waals surface area contributed by atoms with Gasteiger partial charge in [-0.3, -0.25) is 9.20 Å². The van der Waals surface area contributed by atoms with Gasteiger partial charge in [0, 0.05) is 61.5 Å². The average molecular weight is 528 g/mol. The third-order valence-electron chi connectivity index (χ3n) is 6.28. The van der Waals surface area contributed by atoms with Gasteiger partial charge < -0.3 is 26.3 Å². The number of aromatic nitrogens is 2. The molecule has 12 heteroatoms. The number of halogens is 3. The fourth-order valence-electron chi connectivity index (χ4n) is 4.26. The maximum absolute atomic E-state index is 12.3. The normalized spacial score (nSPS) is 14.8. The van der Waals surface area contributed by atoms with Crippen LogP contribution in [-0.4, -0.2) is 64.3 Å². The van der Waals surface area contributed by atoms with Crippen molar-refractivity contribution in [3.63, 3.8) is 0 Å². The van der Waals surface area contributed by atoms with Crippen LogP contribution in [0.5, 0.6) is 0 Å². The fourth-order valence-corrected chi connectivity index (χ4v) is 4.26. The molecule has 0 aliphatic carbocycles. The van der Waals surface area contributed by atoms with E-state index in [4.69, 9.17) is 5.41 Å². The van der Waals surface area contributed by atoms with E-state index >= 15 is 0 Å². The molecule has 0 saturated carbocycles. The van der Waals surface area contributed by atoms with E-state index in [0.717, 1.165) is 24.1 Å². The second-order valence-electron chi connectivity index (χ2n) is 8.98. The summed E-state index contributed by atoms with van der Waals surface area (Å²) in [6.45, 7) is 1.57. The van der Waals surface area contributed by atoms with Crippen molar-refractivity contribution >= 4 is 35.1 Å². The van der Waals surface area contributed by atoms with Gasteiger partial charge in [0.1, 0.15) is 12.2 Å². The van der Waals surface area contributed by atoms with Crippen molar-refractivity contribution < 1.29 is 22.8 Å². The number of hydrogen-bond donors (Lipinski definition) is 4. The van der Waals surface area contributed by atoms with Crippen LogP contribution in [0.2, 0.25) is 0 Å². The Bertz CT molecular complexity index is 1360. The van der Waals surface area contributed by atoms with Crippen molar-refractivity contribution in [1.29, 1.82) is 5.41 Å². The van der Waals surface area contributed by atoms with Gasteiger partial charge >= 0.3 is 12.2 Å². The fraction of sp³-hybridized carbons (Fsp3) is 0.308. The molecule has 0 radical (unpaired) electrons. The first-order chi connectivity index (χ1) is 18.1. The summed E-state index contributed by atoms with van der Waals surface area (Å²) in [5.41, 5.74) is 3.89. The van der Waals surface area contributed by atoms with E-state index in [0.29, 0.717) is 35.6 Å². The van der Waals surface area contributed by atoms with Crippen LogP contribution in [0.25, 0.3) is 22.5 Å². The Kier molecular flexibility index (Phi) is 7.99. The highest BCUT2D eigenvalue weighted by Gasteiger charge is 2.27. The van der Waals surface area contributed by atoms with Gasteiger partial charge in [0.15, 0.2) is 0 Å². The topological polar surface area (TPSA) is 115 Å². The lowest BCUT2D eigenvalue weighted by molar-refractivity contribution is -0.129. The zero-order valence-corrected chi connectivity index (χ0v) is 20.7. The maximum atomic E-state index is 12.3. The van der Waals surface area contributed by atoms with Gasteiger partial charge in [-0.1, -0.05) is 12.1 Å². The highest BCUT2D eigenvalue weighted by molar-refractivity contribution is 6.08. The first-order valence-electron chi connectivity index (χ1n) is 12.0. The second-order valence-corrected chi connectivity index (χ2v) is 8.98. The molecule has 2 aromatic heterocycles. The van der Waals surface area contributed by atoms with Gasteiger partial charge in [-0.15, -0.1) is 0 Å². The van der Waals surface area contributed by atoms with Crippen LogP contribution >= 0.6 is 0 Å². The van der Waals surface area contributed by atoms with E-state index in [1.54, 1.807) is 42.7 Å². The molecule has 200 valence electrons. The number of amides is 3. The van der Waals surface area contributed by atoms with E-state index in [9.17, 15) is 22.8 Å². The van der Waals surface area contributed by atoms with Crippen LogP contribution < -0.4 is 16.0 Å². The van der Waals surface area contributed by atoms with Crippen molar-refractivity contribution in [3.05, 3.63) is 60.6 Å². The molecular weight excluding hydrogens is 499 g/mol. The molecular formula is C26H28F3N7O2. The van der Waals surface area contributed by atoms with Crippen LogP contribution in [0.4, 0.5) is 23.7 Å². The van der Waals surface area contributed by atoms with Gasteiger partial charge in [0.2, 0.25) is 5.91 Å². The summed E-state index contributed by atoms with van der Waals surface area (Å²) in [4.78, 5) is 29.6. The van der Waals surface area contributed by atoms with Gasteiger partial charge in [-0.25, -0.2) is 9.78 Å². The summed E-state index contributed by atoms with van der Waals surface area (Å²) in [6.07, 6.45) is 3.75. The SMILES string of the molecule is CC(=O)N1CCC(N/C=C(\C=N)c2ccn3c(-c4cccc(NC(=O)NCC(F)(F)F)c4)cnc3c2)CC1. The zero-order chi connectivity index (χ0) is 27.3. The number of nitrogens with zero attached hydrogens (tertiary/aromatic N) is 3. The van der Waals surface area contributed by atoms with Crippen molar-refractivity contribution in [2.75, 3.05) is 25.0 Å². The van der Waals surface area contributed by atoms with Crippen molar-refractivity contribution in [3.8, 4) is 11.3 Å². The zero-order valence-electron chi connectivity index (χ0n) is 20.7. The number of carbonyl (C=O) groups is 2. The lowest BCUT2D eigenvalue weighted by Gasteiger charge is -2.31. The highest BCUT2D eigenvalue weighted by Crippen LogP contribution is 2.25. The third kappa shape index (κ3) is 6.69. The Morgan fingerprint density at radius 2 is 1.95 bits per heavy atom. The Labute approximate surface area is 217 Å². The summed E-state index contributed by atoms with van der Waals surface area (Å²) in [7, 11) is 0. The molecule has 1 aliphatic heterocycles. The maximum Gasteiger partial charge on any atom is 0.405 e. The number of anilines is 1. The minimum absolute atomic E-state index is 0.0842. The summed E-state index contributed by atoms with van der Waals surface area (Å²) in [5.74, 6) is 0.0842.